The number of nitrogens with zero attached hydrogens (tertiary/aromatic N) is 1. The van der Waals surface area contributed by atoms with E-state index in [1.165, 1.54) is 13.2 Å². The molecule has 31 heavy (non-hydrogen) atoms. The predicted octanol–water partition coefficient (Wildman–Crippen LogP) is 3.19. The summed E-state index contributed by atoms with van der Waals surface area (Å²) in [6, 6.07) is 11.8. The van der Waals surface area contributed by atoms with Gasteiger partial charge in [-0.25, -0.2) is 8.42 Å². The zero-order valence-corrected chi connectivity index (χ0v) is 18.7. The fraction of sp³-hybridized carbons (Fsp3) is 0.348. The molecule has 0 spiro atoms. The largest absolute Gasteiger partial charge is 0.497 e. The Kier molecular flexibility index (Phi) is 7.22. The van der Waals surface area contributed by atoms with Crippen LogP contribution in [0.2, 0.25) is 0 Å². The lowest BCUT2D eigenvalue weighted by Crippen LogP contribution is -2.41. The minimum absolute atomic E-state index is 0.143. The average molecular weight is 446 g/mol. The third-order valence-electron chi connectivity index (χ3n) is 5.41. The van der Waals surface area contributed by atoms with E-state index in [1.54, 1.807) is 61.6 Å². The van der Waals surface area contributed by atoms with Crippen LogP contribution in [0.25, 0.3) is 6.08 Å². The molecule has 7 nitrogen and oxygen atoms in total. The van der Waals surface area contributed by atoms with E-state index in [2.05, 4.69) is 0 Å². The van der Waals surface area contributed by atoms with Gasteiger partial charge in [0.15, 0.2) is 21.3 Å². The van der Waals surface area contributed by atoms with Gasteiger partial charge in [-0.2, -0.15) is 0 Å². The monoisotopic (exact) mass is 445 g/mol. The van der Waals surface area contributed by atoms with E-state index >= 15 is 0 Å². The molecule has 1 fully saturated rings. The van der Waals surface area contributed by atoms with Crippen molar-refractivity contribution in [2.45, 2.75) is 23.0 Å². The fourth-order valence-electron chi connectivity index (χ4n) is 3.57. The van der Waals surface area contributed by atoms with Gasteiger partial charge in [-0.1, -0.05) is 6.07 Å². The minimum Gasteiger partial charge on any atom is -0.497 e. The van der Waals surface area contributed by atoms with Gasteiger partial charge < -0.3 is 19.1 Å². The smallest absolute Gasteiger partial charge is 0.246 e. The number of likely N-dealkylation sites (tertiary alicyclic amines) is 1. The second-order valence-corrected chi connectivity index (χ2v) is 9.42. The number of hydrogen-bond donors (Lipinski definition) is 0. The van der Waals surface area contributed by atoms with Gasteiger partial charge in [0.05, 0.1) is 31.5 Å². The first-order valence-electron chi connectivity index (χ1n) is 9.96. The maximum atomic E-state index is 12.9. The Hall–Kier alpha value is -3.00. The molecular formula is C23H27NO6S. The molecule has 2 aromatic rings. The van der Waals surface area contributed by atoms with Crippen LogP contribution < -0.4 is 14.2 Å². The van der Waals surface area contributed by atoms with Crippen molar-refractivity contribution >= 4 is 21.8 Å². The number of ether oxygens (including phenoxy) is 3. The number of hydrogen-bond acceptors (Lipinski definition) is 6. The summed E-state index contributed by atoms with van der Waals surface area (Å²) in [6.45, 7) is 0.796. The van der Waals surface area contributed by atoms with Crippen molar-refractivity contribution in [1.82, 2.24) is 4.90 Å². The number of rotatable bonds is 7. The molecular weight excluding hydrogens is 418 g/mol. The molecule has 2 aromatic carbocycles. The Labute approximate surface area is 183 Å². The number of piperidine rings is 1. The predicted molar refractivity (Wildman–Crippen MR) is 118 cm³/mol. The number of sulfone groups is 1. The van der Waals surface area contributed by atoms with E-state index in [-0.39, 0.29) is 10.8 Å². The normalized spacial score (nSPS) is 15.1. The third kappa shape index (κ3) is 5.19. The van der Waals surface area contributed by atoms with E-state index in [1.807, 2.05) is 6.07 Å². The number of methoxy groups -OCH3 is 3. The van der Waals surface area contributed by atoms with Crippen LogP contribution in [0.3, 0.4) is 0 Å². The first kappa shape index (κ1) is 22.7. The van der Waals surface area contributed by atoms with Crippen LogP contribution in [0.15, 0.2) is 53.4 Å². The molecule has 0 N–H and O–H groups in total. The molecule has 0 atom stereocenters. The summed E-state index contributed by atoms with van der Waals surface area (Å²) >= 11 is 0. The molecule has 1 aliphatic rings. The van der Waals surface area contributed by atoms with Crippen LogP contribution in [0.1, 0.15) is 18.4 Å². The average Bonchev–Trinajstić information content (AvgIpc) is 2.82. The van der Waals surface area contributed by atoms with Crippen molar-refractivity contribution < 1.29 is 27.4 Å². The Bertz CT molecular complexity index is 1040. The molecule has 0 aliphatic carbocycles. The van der Waals surface area contributed by atoms with Gasteiger partial charge in [0.25, 0.3) is 0 Å². The van der Waals surface area contributed by atoms with Crippen LogP contribution in [0, 0.1) is 0 Å². The van der Waals surface area contributed by atoms with E-state index in [0.29, 0.717) is 43.2 Å². The zero-order valence-electron chi connectivity index (χ0n) is 17.9. The summed E-state index contributed by atoms with van der Waals surface area (Å²) in [7, 11) is 1.22. The molecule has 166 valence electrons. The Morgan fingerprint density at radius 1 is 0.935 bits per heavy atom. The molecule has 0 aromatic heterocycles. The molecule has 0 bridgehead atoms. The first-order valence-corrected chi connectivity index (χ1v) is 11.5. The molecule has 1 saturated heterocycles. The molecule has 8 heteroatoms. The second kappa shape index (κ2) is 9.87. The summed E-state index contributed by atoms with van der Waals surface area (Å²) in [5.41, 5.74) is 0.808. The van der Waals surface area contributed by atoms with Gasteiger partial charge in [-0.3, -0.25) is 4.79 Å². The summed E-state index contributed by atoms with van der Waals surface area (Å²) in [5, 5.41) is -0.500. The van der Waals surface area contributed by atoms with Crippen molar-refractivity contribution in [2.24, 2.45) is 0 Å². The summed E-state index contributed by atoms with van der Waals surface area (Å²) in [6.07, 6.45) is 4.03. The number of benzene rings is 2. The SMILES string of the molecule is COc1ccc(S(=O)(=O)C2CCN(C(=O)/C=C/c3ccc(OC)c(OC)c3)CC2)cc1. The second-order valence-electron chi connectivity index (χ2n) is 7.19. The highest BCUT2D eigenvalue weighted by molar-refractivity contribution is 7.92. The van der Waals surface area contributed by atoms with E-state index < -0.39 is 15.1 Å². The van der Waals surface area contributed by atoms with Crippen LogP contribution in [0.5, 0.6) is 17.2 Å². The third-order valence-corrected chi connectivity index (χ3v) is 7.68. The molecule has 0 radical (unpaired) electrons. The van der Waals surface area contributed by atoms with Crippen molar-refractivity contribution in [2.75, 3.05) is 34.4 Å². The zero-order chi connectivity index (χ0) is 22.4. The highest BCUT2D eigenvalue weighted by Crippen LogP contribution is 2.28. The topological polar surface area (TPSA) is 82.1 Å². The Morgan fingerprint density at radius 3 is 2.16 bits per heavy atom. The Balaban J connectivity index is 1.61. The van der Waals surface area contributed by atoms with Gasteiger partial charge in [-0.05, 0) is 60.9 Å². The van der Waals surface area contributed by atoms with E-state index in [0.717, 1.165) is 5.56 Å². The summed E-state index contributed by atoms with van der Waals surface area (Å²) < 4.78 is 41.4. The van der Waals surface area contributed by atoms with Crippen LogP contribution in [0.4, 0.5) is 0 Å². The van der Waals surface area contributed by atoms with Crippen molar-refractivity contribution in [1.29, 1.82) is 0 Å². The summed E-state index contributed by atoms with van der Waals surface area (Å²) in [5.74, 6) is 1.67. The lowest BCUT2D eigenvalue weighted by Gasteiger charge is -2.31. The van der Waals surface area contributed by atoms with Crippen molar-refractivity contribution in [3.8, 4) is 17.2 Å². The molecule has 1 heterocycles. The van der Waals surface area contributed by atoms with E-state index in [4.69, 9.17) is 14.2 Å². The molecule has 0 saturated carbocycles. The maximum Gasteiger partial charge on any atom is 0.246 e. The highest BCUT2D eigenvalue weighted by atomic mass is 32.2. The van der Waals surface area contributed by atoms with Gasteiger partial charge in [0, 0.05) is 19.2 Å². The molecule has 0 unspecified atom stereocenters. The van der Waals surface area contributed by atoms with E-state index in [9.17, 15) is 13.2 Å². The van der Waals surface area contributed by atoms with Gasteiger partial charge in [0.1, 0.15) is 5.75 Å². The molecule has 1 amide bonds. The Morgan fingerprint density at radius 2 is 1.58 bits per heavy atom. The van der Waals surface area contributed by atoms with Crippen molar-refractivity contribution in [3.05, 3.63) is 54.1 Å². The molecule has 3 rings (SSSR count). The maximum absolute atomic E-state index is 12.9. The minimum atomic E-state index is -3.44. The lowest BCUT2D eigenvalue weighted by atomic mass is 10.1. The fourth-order valence-corrected chi connectivity index (χ4v) is 5.31. The van der Waals surface area contributed by atoms with Crippen LogP contribution in [-0.4, -0.2) is 58.9 Å². The van der Waals surface area contributed by atoms with Crippen LogP contribution in [-0.2, 0) is 14.6 Å². The van der Waals surface area contributed by atoms with Crippen LogP contribution >= 0.6 is 0 Å². The number of carbonyl (C=O) groups excluding carboxylic acids is 1. The first-order chi connectivity index (χ1) is 14.9. The molecule has 1 aliphatic heterocycles. The quantitative estimate of drug-likeness (QED) is 0.609. The lowest BCUT2D eigenvalue weighted by molar-refractivity contribution is -0.126. The van der Waals surface area contributed by atoms with Gasteiger partial charge in [-0.15, -0.1) is 0 Å². The highest BCUT2D eigenvalue weighted by Gasteiger charge is 2.32. The number of amides is 1. The number of carbonyl (C=O) groups is 1. The van der Waals surface area contributed by atoms with Gasteiger partial charge >= 0.3 is 0 Å². The summed E-state index contributed by atoms with van der Waals surface area (Å²) in [4.78, 5) is 14.5. The van der Waals surface area contributed by atoms with Gasteiger partial charge in [0.2, 0.25) is 5.91 Å². The standard InChI is InChI=1S/C23H27NO6S/c1-28-18-6-8-19(9-7-18)31(26,27)20-12-14-24(15-13-20)23(25)11-5-17-4-10-21(29-2)22(16-17)30-3/h4-11,16,20H,12-15H2,1-3H3/b11-5+. The van der Waals surface area contributed by atoms with Crippen molar-refractivity contribution in [3.63, 3.8) is 0 Å².